The van der Waals surface area contributed by atoms with E-state index in [1.807, 2.05) is 0 Å². The Kier molecular flexibility index (Phi) is 7.20. The highest BCUT2D eigenvalue weighted by Crippen LogP contribution is 2.36. The van der Waals surface area contributed by atoms with Crippen LogP contribution in [0.4, 0.5) is 19.0 Å². The maximum Gasteiger partial charge on any atom is 0.417 e. The minimum Gasteiger partial charge on any atom is -0.465 e. The number of hydrogen-bond donors (Lipinski definition) is 0. The fraction of sp³-hybridized carbons (Fsp3) is 0.143. The first-order valence-corrected chi connectivity index (χ1v) is 11.3. The number of hydrogen-bond acceptors (Lipinski definition) is 5. The molecule has 3 rings (SSSR count). The van der Waals surface area contributed by atoms with Crippen molar-refractivity contribution in [3.05, 3.63) is 87.5 Å². The van der Waals surface area contributed by atoms with Crippen molar-refractivity contribution in [1.29, 1.82) is 0 Å². The Bertz CT molecular complexity index is 1270. The Morgan fingerprint density at radius 1 is 1.06 bits per heavy atom. The molecule has 0 aliphatic carbocycles. The van der Waals surface area contributed by atoms with Crippen LogP contribution in [0.15, 0.2) is 65.7 Å². The van der Waals surface area contributed by atoms with Crippen LogP contribution in [0, 0.1) is 0 Å². The second-order valence-electron chi connectivity index (χ2n) is 6.68. The van der Waals surface area contributed by atoms with Gasteiger partial charge in [-0.3, -0.25) is 0 Å². The third-order valence-corrected chi connectivity index (χ3v) is 6.77. The zero-order chi connectivity index (χ0) is 24.4. The molecule has 0 aliphatic rings. The first kappa shape index (κ1) is 24.8. The van der Waals surface area contributed by atoms with Gasteiger partial charge in [-0.15, -0.1) is 0 Å². The lowest BCUT2D eigenvalue weighted by atomic mass is 10.2. The van der Waals surface area contributed by atoms with E-state index in [0.717, 1.165) is 4.31 Å². The Morgan fingerprint density at radius 3 is 2.18 bits per heavy atom. The standard InChI is InChI=1S/C21H15Cl2F3N2O4S/c1-32-20(29)14-4-8-17(9-5-14)33(30,31)28(12-13-2-6-16(22)7-3-13)19-18(23)10-15(11-27-19)21(24,25)26/h2-11H,12H2,1H3. The number of halogens is 5. The molecule has 12 heteroatoms. The molecule has 0 bridgehead atoms. The Balaban J connectivity index is 2.10. The average Bonchev–Trinajstić information content (AvgIpc) is 2.77. The van der Waals surface area contributed by atoms with Crippen molar-refractivity contribution in [2.75, 3.05) is 11.4 Å². The molecule has 1 aromatic heterocycles. The smallest absolute Gasteiger partial charge is 0.417 e. The van der Waals surface area contributed by atoms with E-state index < -0.39 is 38.6 Å². The van der Waals surface area contributed by atoms with Gasteiger partial charge in [-0.25, -0.2) is 22.5 Å². The van der Waals surface area contributed by atoms with Gasteiger partial charge in [-0.1, -0.05) is 35.3 Å². The van der Waals surface area contributed by atoms with Crippen molar-refractivity contribution < 1.29 is 31.1 Å². The van der Waals surface area contributed by atoms with E-state index in [1.54, 1.807) is 12.1 Å². The van der Waals surface area contributed by atoms with Gasteiger partial charge >= 0.3 is 12.1 Å². The lowest BCUT2D eigenvalue weighted by Gasteiger charge is -2.25. The van der Waals surface area contributed by atoms with Gasteiger partial charge in [0, 0.05) is 11.2 Å². The van der Waals surface area contributed by atoms with Crippen molar-refractivity contribution in [2.45, 2.75) is 17.6 Å². The van der Waals surface area contributed by atoms with E-state index in [-0.39, 0.29) is 17.0 Å². The van der Waals surface area contributed by atoms with Gasteiger partial charge in [-0.2, -0.15) is 13.2 Å². The molecule has 0 fully saturated rings. The summed E-state index contributed by atoms with van der Waals surface area (Å²) in [6, 6.07) is 11.6. The summed E-state index contributed by atoms with van der Waals surface area (Å²) < 4.78 is 71.4. The second kappa shape index (κ2) is 9.58. The van der Waals surface area contributed by atoms with Gasteiger partial charge in [0.05, 0.1) is 34.7 Å². The predicted octanol–water partition coefficient (Wildman–Crippen LogP) is 5.59. The van der Waals surface area contributed by atoms with E-state index in [1.165, 1.54) is 43.5 Å². The highest BCUT2D eigenvalue weighted by Gasteiger charge is 2.34. The third-order valence-electron chi connectivity index (χ3n) is 4.49. The average molecular weight is 519 g/mol. The fourth-order valence-electron chi connectivity index (χ4n) is 2.81. The van der Waals surface area contributed by atoms with Crippen molar-refractivity contribution in [2.24, 2.45) is 0 Å². The maximum absolute atomic E-state index is 13.5. The minimum absolute atomic E-state index is 0.117. The SMILES string of the molecule is COC(=O)c1ccc(S(=O)(=O)N(Cc2ccc(Cl)cc2)c2ncc(C(F)(F)F)cc2Cl)cc1. The molecular formula is C21H15Cl2F3N2O4S. The summed E-state index contributed by atoms with van der Waals surface area (Å²) in [5.41, 5.74) is -0.527. The number of pyridine rings is 1. The normalized spacial score (nSPS) is 11.8. The summed E-state index contributed by atoms with van der Waals surface area (Å²) >= 11 is 11.9. The van der Waals surface area contributed by atoms with Crippen LogP contribution in [-0.2, 0) is 27.5 Å². The molecule has 0 saturated carbocycles. The highest BCUT2D eigenvalue weighted by atomic mass is 35.5. The van der Waals surface area contributed by atoms with E-state index >= 15 is 0 Å². The summed E-state index contributed by atoms with van der Waals surface area (Å²) in [6.45, 7) is -0.295. The van der Waals surface area contributed by atoms with Gasteiger partial charge < -0.3 is 4.74 Å². The molecule has 0 spiro atoms. The van der Waals surface area contributed by atoms with Crippen LogP contribution in [0.5, 0.6) is 0 Å². The van der Waals surface area contributed by atoms with Crippen LogP contribution in [0.2, 0.25) is 10.0 Å². The number of carbonyl (C=O) groups is 1. The van der Waals surface area contributed by atoms with E-state index in [9.17, 15) is 26.4 Å². The van der Waals surface area contributed by atoms with Crippen molar-refractivity contribution in [3.63, 3.8) is 0 Å². The third kappa shape index (κ3) is 5.58. The summed E-state index contributed by atoms with van der Waals surface area (Å²) in [5.74, 6) is -1.05. The van der Waals surface area contributed by atoms with E-state index in [2.05, 4.69) is 9.72 Å². The largest absolute Gasteiger partial charge is 0.465 e. The number of ether oxygens (including phenoxy) is 1. The summed E-state index contributed by atoms with van der Waals surface area (Å²) in [5, 5.41) is -0.0919. The Hall–Kier alpha value is -2.82. The summed E-state index contributed by atoms with van der Waals surface area (Å²) in [4.78, 5) is 15.1. The predicted molar refractivity (Wildman–Crippen MR) is 117 cm³/mol. The number of sulfonamides is 1. The van der Waals surface area contributed by atoms with E-state index in [0.29, 0.717) is 22.8 Å². The van der Waals surface area contributed by atoms with Crippen LogP contribution in [-0.4, -0.2) is 26.5 Å². The van der Waals surface area contributed by atoms with Crippen LogP contribution < -0.4 is 4.31 Å². The highest BCUT2D eigenvalue weighted by molar-refractivity contribution is 7.92. The zero-order valence-corrected chi connectivity index (χ0v) is 19.1. The summed E-state index contributed by atoms with van der Waals surface area (Å²) in [6.07, 6.45) is -4.20. The lowest BCUT2D eigenvalue weighted by Crippen LogP contribution is -2.32. The lowest BCUT2D eigenvalue weighted by molar-refractivity contribution is -0.137. The number of methoxy groups -OCH3 is 1. The van der Waals surface area contributed by atoms with E-state index in [4.69, 9.17) is 23.2 Å². The van der Waals surface area contributed by atoms with Crippen LogP contribution in [0.25, 0.3) is 0 Å². The van der Waals surface area contributed by atoms with Gasteiger partial charge in [0.1, 0.15) is 0 Å². The van der Waals surface area contributed by atoms with Crippen LogP contribution >= 0.6 is 23.2 Å². The van der Waals surface area contributed by atoms with Crippen LogP contribution in [0.1, 0.15) is 21.5 Å². The molecule has 0 amide bonds. The minimum atomic E-state index is -4.71. The van der Waals surface area contributed by atoms with Gasteiger partial charge in [0.2, 0.25) is 0 Å². The first-order valence-electron chi connectivity index (χ1n) is 9.12. The Labute approximate surface area is 197 Å². The van der Waals surface area contributed by atoms with Gasteiger partial charge in [0.25, 0.3) is 10.0 Å². The number of anilines is 1. The van der Waals surface area contributed by atoms with Gasteiger partial charge in [0.15, 0.2) is 5.82 Å². The molecule has 0 N–H and O–H groups in total. The molecular weight excluding hydrogens is 504 g/mol. The Morgan fingerprint density at radius 2 is 1.67 bits per heavy atom. The quantitative estimate of drug-likeness (QED) is 0.397. The monoisotopic (exact) mass is 518 g/mol. The molecule has 6 nitrogen and oxygen atoms in total. The first-order chi connectivity index (χ1) is 15.4. The molecule has 0 unspecified atom stereocenters. The van der Waals surface area contributed by atoms with Crippen molar-refractivity contribution in [1.82, 2.24) is 4.98 Å². The number of benzene rings is 2. The van der Waals surface area contributed by atoms with Crippen molar-refractivity contribution >= 4 is 45.0 Å². The number of nitrogens with zero attached hydrogens (tertiary/aromatic N) is 2. The number of carbonyl (C=O) groups excluding carboxylic acids is 1. The second-order valence-corrected chi connectivity index (χ2v) is 9.39. The molecule has 174 valence electrons. The molecule has 2 aromatic carbocycles. The molecule has 0 atom stereocenters. The zero-order valence-electron chi connectivity index (χ0n) is 16.8. The number of esters is 1. The maximum atomic E-state index is 13.5. The number of rotatable bonds is 6. The molecule has 0 aliphatic heterocycles. The fourth-order valence-corrected chi connectivity index (χ4v) is 4.68. The molecule has 33 heavy (non-hydrogen) atoms. The van der Waals surface area contributed by atoms with Crippen LogP contribution in [0.3, 0.4) is 0 Å². The molecule has 1 heterocycles. The molecule has 3 aromatic rings. The molecule has 0 radical (unpaired) electrons. The number of alkyl halides is 3. The van der Waals surface area contributed by atoms with Gasteiger partial charge in [-0.05, 0) is 48.0 Å². The number of aromatic nitrogens is 1. The summed E-state index contributed by atoms with van der Waals surface area (Å²) in [7, 11) is -3.18. The topological polar surface area (TPSA) is 76.6 Å². The van der Waals surface area contributed by atoms with Crippen molar-refractivity contribution in [3.8, 4) is 0 Å². The molecule has 0 saturated heterocycles.